The van der Waals surface area contributed by atoms with Crippen LogP contribution in [0.1, 0.15) is 6.42 Å². The van der Waals surface area contributed by atoms with Crippen molar-refractivity contribution in [1.82, 2.24) is 0 Å². The van der Waals surface area contributed by atoms with Crippen molar-refractivity contribution in [2.24, 2.45) is 10.4 Å². The molecule has 0 saturated heterocycles. The predicted molar refractivity (Wildman–Crippen MR) is 32.5 cm³/mol. The number of carboxylic acids is 1. The van der Waals surface area contributed by atoms with Crippen LogP contribution in [-0.4, -0.2) is 23.7 Å². The lowest BCUT2D eigenvalue weighted by molar-refractivity contribution is -0.137. The van der Waals surface area contributed by atoms with Crippen LogP contribution in [0.15, 0.2) is 10.4 Å². The van der Waals surface area contributed by atoms with E-state index < -0.39 is 18.4 Å². The number of nitrogens with zero attached hydrogens (tertiary/aromatic N) is 2. The molecule has 0 saturated carbocycles. The molecule has 0 aliphatic carbocycles. The lowest BCUT2D eigenvalue weighted by Gasteiger charge is -1.96. The summed E-state index contributed by atoms with van der Waals surface area (Å²) in [6.45, 7) is -0.365. The number of carboxylic acid groups (broad SMARTS) is 1. The molecule has 6 nitrogen and oxygen atoms in total. The van der Waals surface area contributed by atoms with E-state index in [0.717, 1.165) is 0 Å². The molecule has 0 aromatic heterocycles. The van der Waals surface area contributed by atoms with Crippen molar-refractivity contribution >= 4 is 5.97 Å². The monoisotopic (exact) mass is 146 g/mol. The van der Waals surface area contributed by atoms with Crippen LogP contribution in [0.25, 0.3) is 0 Å². The fourth-order valence-electron chi connectivity index (χ4n) is 0.423. The Hall–Kier alpha value is -1.33. The molecule has 1 N–H and O–H groups in total. The van der Waals surface area contributed by atoms with Crippen LogP contribution in [0, 0.1) is 9.81 Å². The first-order valence-corrected chi connectivity index (χ1v) is 2.54. The average Bonchev–Trinajstić information content (AvgIpc) is 1.86. The Morgan fingerprint density at radius 3 is 2.40 bits per heavy atom. The summed E-state index contributed by atoms with van der Waals surface area (Å²) in [4.78, 5) is 29.1. The maximum Gasteiger partial charge on any atom is 0.305 e. The Bertz CT molecular complexity index is 146. The number of rotatable bonds is 5. The van der Waals surface area contributed by atoms with Gasteiger partial charge in [-0.05, 0) is 0 Å². The zero-order valence-corrected chi connectivity index (χ0v) is 5.06. The summed E-state index contributed by atoms with van der Waals surface area (Å²) in [5.74, 6) is -1.16. The van der Waals surface area contributed by atoms with Gasteiger partial charge in [0.2, 0.25) is 0 Å². The van der Waals surface area contributed by atoms with Gasteiger partial charge < -0.3 is 5.11 Å². The Morgan fingerprint density at radius 1 is 1.50 bits per heavy atom. The third-order valence-corrected chi connectivity index (χ3v) is 0.845. The number of nitroso groups, excluding NO2 is 2. The van der Waals surface area contributed by atoms with Gasteiger partial charge in [-0.15, -0.1) is 0 Å². The van der Waals surface area contributed by atoms with Crippen LogP contribution in [0.2, 0.25) is 0 Å². The van der Waals surface area contributed by atoms with E-state index in [2.05, 4.69) is 10.4 Å². The fraction of sp³-hybridized carbons (Fsp3) is 0.750. The molecular weight excluding hydrogens is 140 g/mol. The highest BCUT2D eigenvalue weighted by Gasteiger charge is 2.12. The lowest BCUT2D eigenvalue weighted by Crippen LogP contribution is -2.13. The van der Waals surface area contributed by atoms with Crippen molar-refractivity contribution in [3.63, 3.8) is 0 Å². The van der Waals surface area contributed by atoms with Crippen LogP contribution in [0.4, 0.5) is 0 Å². The number of aliphatic carboxylic acids is 1. The molecule has 10 heavy (non-hydrogen) atoms. The first-order chi connectivity index (χ1) is 4.70. The van der Waals surface area contributed by atoms with Crippen molar-refractivity contribution in [3.8, 4) is 0 Å². The lowest BCUT2D eigenvalue weighted by atomic mass is 10.2. The average molecular weight is 146 g/mol. The van der Waals surface area contributed by atoms with Crippen LogP contribution < -0.4 is 0 Å². The summed E-state index contributed by atoms with van der Waals surface area (Å²) < 4.78 is 0. The van der Waals surface area contributed by atoms with Crippen molar-refractivity contribution < 1.29 is 9.90 Å². The van der Waals surface area contributed by atoms with E-state index in [1.54, 1.807) is 0 Å². The van der Waals surface area contributed by atoms with E-state index in [4.69, 9.17) is 5.11 Å². The molecule has 0 amide bonds. The standard InChI is InChI=1S/C4H6N2O4/c7-4(8)1-3(6-10)2-5-9/h3H,1-2H2,(H,7,8). The van der Waals surface area contributed by atoms with Crippen LogP contribution in [0.3, 0.4) is 0 Å². The number of hydrogen-bond acceptors (Lipinski definition) is 5. The smallest absolute Gasteiger partial charge is 0.305 e. The van der Waals surface area contributed by atoms with Crippen molar-refractivity contribution in [3.05, 3.63) is 9.81 Å². The van der Waals surface area contributed by atoms with Gasteiger partial charge in [-0.25, -0.2) is 0 Å². The minimum Gasteiger partial charge on any atom is -0.481 e. The van der Waals surface area contributed by atoms with Gasteiger partial charge >= 0.3 is 5.97 Å². The highest BCUT2D eigenvalue weighted by molar-refractivity contribution is 5.67. The van der Waals surface area contributed by atoms with Gasteiger partial charge in [0.05, 0.1) is 6.42 Å². The van der Waals surface area contributed by atoms with Gasteiger partial charge in [-0.2, -0.15) is 9.81 Å². The summed E-state index contributed by atoms with van der Waals surface area (Å²) in [6.07, 6.45) is -0.435. The summed E-state index contributed by atoms with van der Waals surface area (Å²) >= 11 is 0. The first-order valence-electron chi connectivity index (χ1n) is 2.54. The Balaban J connectivity index is 3.70. The molecule has 0 fully saturated rings. The highest BCUT2D eigenvalue weighted by atomic mass is 16.4. The van der Waals surface area contributed by atoms with E-state index in [9.17, 15) is 14.6 Å². The number of hydrogen-bond donors (Lipinski definition) is 1. The zero-order chi connectivity index (χ0) is 7.98. The molecular formula is C4H6N2O4. The molecule has 56 valence electrons. The van der Waals surface area contributed by atoms with Crippen molar-refractivity contribution in [2.75, 3.05) is 6.54 Å². The summed E-state index contributed by atoms with van der Waals surface area (Å²) in [5.41, 5.74) is 0. The molecule has 0 rings (SSSR count). The van der Waals surface area contributed by atoms with Gasteiger partial charge in [0, 0.05) is 0 Å². The molecule has 0 spiro atoms. The molecule has 0 aliphatic rings. The molecule has 0 bridgehead atoms. The normalized spacial score (nSPS) is 12.0. The van der Waals surface area contributed by atoms with E-state index in [1.165, 1.54) is 0 Å². The summed E-state index contributed by atoms with van der Waals surface area (Å²) in [7, 11) is 0. The molecule has 1 unspecified atom stereocenters. The second-order valence-corrected chi connectivity index (χ2v) is 1.67. The molecule has 0 aliphatic heterocycles. The van der Waals surface area contributed by atoms with Crippen LogP contribution in [0.5, 0.6) is 0 Å². The van der Waals surface area contributed by atoms with E-state index >= 15 is 0 Å². The third kappa shape index (κ3) is 3.65. The van der Waals surface area contributed by atoms with Crippen LogP contribution >= 0.6 is 0 Å². The molecule has 0 aromatic carbocycles. The minimum atomic E-state index is -1.16. The van der Waals surface area contributed by atoms with Gasteiger partial charge in [-0.3, -0.25) is 4.79 Å². The van der Waals surface area contributed by atoms with E-state index in [1.807, 2.05) is 0 Å². The van der Waals surface area contributed by atoms with E-state index in [0.29, 0.717) is 0 Å². The molecule has 0 radical (unpaired) electrons. The first kappa shape index (κ1) is 8.67. The quantitative estimate of drug-likeness (QED) is 0.566. The summed E-state index contributed by atoms with van der Waals surface area (Å²) in [5, 5.41) is 12.8. The largest absolute Gasteiger partial charge is 0.481 e. The van der Waals surface area contributed by atoms with E-state index in [-0.39, 0.29) is 6.54 Å². The Morgan fingerprint density at radius 2 is 2.10 bits per heavy atom. The maximum atomic E-state index is 9.90. The topological polar surface area (TPSA) is 96.2 Å². The minimum absolute atomic E-state index is 0.365. The summed E-state index contributed by atoms with van der Waals surface area (Å²) in [6, 6.07) is -1.02. The molecule has 1 atom stereocenters. The molecule has 0 heterocycles. The second-order valence-electron chi connectivity index (χ2n) is 1.67. The van der Waals surface area contributed by atoms with Crippen LogP contribution in [-0.2, 0) is 4.79 Å². The number of carbonyl (C=O) groups is 1. The maximum absolute atomic E-state index is 9.90. The van der Waals surface area contributed by atoms with Crippen molar-refractivity contribution in [1.29, 1.82) is 0 Å². The molecule has 0 aromatic rings. The fourth-order valence-corrected chi connectivity index (χ4v) is 0.423. The Labute approximate surface area is 56.2 Å². The highest BCUT2D eigenvalue weighted by Crippen LogP contribution is 1.97. The SMILES string of the molecule is O=NCC(CC(=O)O)N=O. The van der Waals surface area contributed by atoms with Gasteiger partial charge in [0.1, 0.15) is 12.6 Å². The molecule has 6 heteroatoms. The van der Waals surface area contributed by atoms with Gasteiger partial charge in [0.25, 0.3) is 0 Å². The van der Waals surface area contributed by atoms with Gasteiger partial charge in [-0.1, -0.05) is 10.4 Å². The van der Waals surface area contributed by atoms with Crippen molar-refractivity contribution in [2.45, 2.75) is 12.5 Å². The predicted octanol–water partition coefficient (Wildman–Crippen LogP) is 0.362. The Kier molecular flexibility index (Phi) is 3.94. The zero-order valence-electron chi connectivity index (χ0n) is 5.06. The van der Waals surface area contributed by atoms with Gasteiger partial charge in [0.15, 0.2) is 0 Å². The second kappa shape index (κ2) is 4.54. The third-order valence-electron chi connectivity index (χ3n) is 0.845.